The Balaban J connectivity index is 0.00000225. The summed E-state index contributed by atoms with van der Waals surface area (Å²) in [5.74, 6) is 1.04. The van der Waals surface area contributed by atoms with Gasteiger partial charge in [-0.1, -0.05) is 12.1 Å². The van der Waals surface area contributed by atoms with E-state index in [1.165, 1.54) is 6.07 Å². The number of halogens is 2. The lowest BCUT2D eigenvalue weighted by Gasteiger charge is -2.31. The lowest BCUT2D eigenvalue weighted by molar-refractivity contribution is -0.132. The Hall–Kier alpha value is -1.85. The third-order valence-corrected chi connectivity index (χ3v) is 4.64. The van der Waals surface area contributed by atoms with E-state index >= 15 is 0 Å². The summed E-state index contributed by atoms with van der Waals surface area (Å²) >= 11 is 0. The van der Waals surface area contributed by atoms with Gasteiger partial charge in [0.05, 0.1) is 5.56 Å². The highest BCUT2D eigenvalue weighted by molar-refractivity contribution is 5.85. The minimum atomic E-state index is -0.305. The average molecular weight is 367 g/mol. The number of piperidine rings is 1. The van der Waals surface area contributed by atoms with Gasteiger partial charge in [0.15, 0.2) is 0 Å². The van der Waals surface area contributed by atoms with Gasteiger partial charge in [-0.25, -0.2) is 4.39 Å². The van der Waals surface area contributed by atoms with Gasteiger partial charge in [0.25, 0.3) is 0 Å². The van der Waals surface area contributed by atoms with E-state index in [0.29, 0.717) is 36.0 Å². The molecule has 1 amide bonds. The Morgan fingerprint density at radius 2 is 1.96 bits per heavy atom. The standard InChI is InChI=1S/C19H23FN2O2.ClH/c1-22(14-10-12-21-13-11-14)19(23)9-7-15-6-8-18(24-15)16-4-2-3-5-17(16)20;/h2-6,8,14,21H,7,9-13H2,1H3;1H. The molecule has 0 atom stereocenters. The number of furan rings is 1. The van der Waals surface area contributed by atoms with Crippen LogP contribution in [-0.4, -0.2) is 37.0 Å². The summed E-state index contributed by atoms with van der Waals surface area (Å²) in [4.78, 5) is 14.2. The van der Waals surface area contributed by atoms with Crippen LogP contribution in [0, 0.1) is 5.82 Å². The summed E-state index contributed by atoms with van der Waals surface area (Å²) in [6.45, 7) is 1.93. The van der Waals surface area contributed by atoms with E-state index in [1.807, 2.05) is 18.0 Å². The number of hydrogen-bond acceptors (Lipinski definition) is 3. The first-order chi connectivity index (χ1) is 11.6. The van der Waals surface area contributed by atoms with Gasteiger partial charge in [0.1, 0.15) is 17.3 Å². The van der Waals surface area contributed by atoms with Gasteiger partial charge in [0.2, 0.25) is 5.91 Å². The Bertz CT molecular complexity index is 698. The number of aryl methyl sites for hydroxylation is 1. The Labute approximate surface area is 153 Å². The zero-order chi connectivity index (χ0) is 16.9. The fourth-order valence-electron chi connectivity index (χ4n) is 3.12. The molecule has 0 saturated carbocycles. The summed E-state index contributed by atoms with van der Waals surface area (Å²) in [6, 6.07) is 10.4. The number of carbonyl (C=O) groups is 1. The number of hydrogen-bond donors (Lipinski definition) is 1. The molecule has 4 nitrogen and oxygen atoms in total. The van der Waals surface area contributed by atoms with Crippen molar-refractivity contribution in [3.05, 3.63) is 48.0 Å². The molecule has 2 aromatic rings. The van der Waals surface area contributed by atoms with Gasteiger partial charge in [0, 0.05) is 25.9 Å². The topological polar surface area (TPSA) is 45.5 Å². The fraction of sp³-hybridized carbons (Fsp3) is 0.421. The molecule has 0 radical (unpaired) electrons. The molecular weight excluding hydrogens is 343 g/mol. The maximum Gasteiger partial charge on any atom is 0.223 e. The Kier molecular flexibility index (Phi) is 7.02. The van der Waals surface area contributed by atoms with Crippen LogP contribution in [0.4, 0.5) is 4.39 Å². The van der Waals surface area contributed by atoms with E-state index in [9.17, 15) is 9.18 Å². The lowest BCUT2D eigenvalue weighted by atomic mass is 10.0. The highest BCUT2D eigenvalue weighted by Gasteiger charge is 2.21. The van der Waals surface area contributed by atoms with Crippen molar-refractivity contribution in [1.29, 1.82) is 0 Å². The first kappa shape index (κ1) is 19.5. The summed E-state index contributed by atoms with van der Waals surface area (Å²) in [5, 5.41) is 3.31. The van der Waals surface area contributed by atoms with E-state index in [-0.39, 0.29) is 24.1 Å². The minimum Gasteiger partial charge on any atom is -0.461 e. The third kappa shape index (κ3) is 4.83. The van der Waals surface area contributed by atoms with Crippen LogP contribution in [-0.2, 0) is 11.2 Å². The Morgan fingerprint density at radius 3 is 2.68 bits per heavy atom. The molecule has 1 aromatic carbocycles. The van der Waals surface area contributed by atoms with Crippen LogP contribution in [0.2, 0.25) is 0 Å². The molecule has 0 bridgehead atoms. The second kappa shape index (κ2) is 9.02. The van der Waals surface area contributed by atoms with E-state index in [0.717, 1.165) is 25.9 Å². The highest BCUT2D eigenvalue weighted by Crippen LogP contribution is 2.25. The molecule has 1 N–H and O–H groups in total. The second-order valence-electron chi connectivity index (χ2n) is 6.23. The SMILES string of the molecule is CN(C(=O)CCc1ccc(-c2ccccc2F)o1)C1CCNCC1.Cl. The predicted octanol–water partition coefficient (Wildman–Crippen LogP) is 3.65. The lowest BCUT2D eigenvalue weighted by Crippen LogP contribution is -2.44. The van der Waals surface area contributed by atoms with Crippen LogP contribution in [0.25, 0.3) is 11.3 Å². The molecule has 1 aliphatic heterocycles. The largest absolute Gasteiger partial charge is 0.461 e. The van der Waals surface area contributed by atoms with Gasteiger partial charge < -0.3 is 14.6 Å². The van der Waals surface area contributed by atoms with E-state index in [1.54, 1.807) is 24.3 Å². The van der Waals surface area contributed by atoms with Crippen molar-refractivity contribution in [2.45, 2.75) is 31.7 Å². The van der Waals surface area contributed by atoms with Gasteiger partial charge in [-0.3, -0.25) is 4.79 Å². The van der Waals surface area contributed by atoms with Gasteiger partial charge in [-0.15, -0.1) is 12.4 Å². The minimum absolute atomic E-state index is 0. The van der Waals surface area contributed by atoms with Gasteiger partial charge in [-0.2, -0.15) is 0 Å². The van der Waals surface area contributed by atoms with Crippen molar-refractivity contribution in [2.24, 2.45) is 0 Å². The molecular formula is C19H24ClFN2O2. The molecule has 25 heavy (non-hydrogen) atoms. The molecule has 1 aromatic heterocycles. The van der Waals surface area contributed by atoms with Crippen LogP contribution in [0.5, 0.6) is 0 Å². The van der Waals surface area contributed by atoms with Crippen molar-refractivity contribution in [3.8, 4) is 11.3 Å². The zero-order valence-electron chi connectivity index (χ0n) is 14.3. The third-order valence-electron chi connectivity index (χ3n) is 4.64. The van der Waals surface area contributed by atoms with Gasteiger partial charge >= 0.3 is 0 Å². The fourth-order valence-corrected chi connectivity index (χ4v) is 3.12. The molecule has 136 valence electrons. The van der Waals surface area contributed by atoms with E-state index in [2.05, 4.69) is 5.32 Å². The smallest absolute Gasteiger partial charge is 0.223 e. The number of carbonyl (C=O) groups excluding carboxylic acids is 1. The molecule has 1 aliphatic rings. The number of amides is 1. The van der Waals surface area contributed by atoms with E-state index < -0.39 is 0 Å². The second-order valence-corrected chi connectivity index (χ2v) is 6.23. The average Bonchev–Trinajstić information content (AvgIpc) is 3.09. The predicted molar refractivity (Wildman–Crippen MR) is 98.3 cm³/mol. The zero-order valence-corrected chi connectivity index (χ0v) is 15.2. The maximum absolute atomic E-state index is 13.8. The van der Waals surface area contributed by atoms with Gasteiger partial charge in [-0.05, 0) is 50.2 Å². The quantitative estimate of drug-likeness (QED) is 0.878. The molecule has 0 aliphatic carbocycles. The maximum atomic E-state index is 13.8. The number of benzene rings is 1. The van der Waals surface area contributed by atoms with Crippen molar-refractivity contribution in [3.63, 3.8) is 0 Å². The summed E-state index contributed by atoms with van der Waals surface area (Å²) in [5.41, 5.74) is 0.446. The van der Waals surface area contributed by atoms with E-state index in [4.69, 9.17) is 4.42 Å². The van der Waals surface area contributed by atoms with Crippen LogP contribution in [0.15, 0.2) is 40.8 Å². The molecule has 6 heteroatoms. The monoisotopic (exact) mass is 366 g/mol. The van der Waals surface area contributed by atoms with Crippen LogP contribution < -0.4 is 5.32 Å². The first-order valence-electron chi connectivity index (χ1n) is 8.45. The summed E-state index contributed by atoms with van der Waals surface area (Å²) in [7, 11) is 1.88. The van der Waals surface area contributed by atoms with Crippen molar-refractivity contribution < 1.29 is 13.6 Å². The molecule has 0 unspecified atom stereocenters. The van der Waals surface area contributed by atoms with Crippen LogP contribution >= 0.6 is 12.4 Å². The van der Waals surface area contributed by atoms with Crippen molar-refractivity contribution >= 4 is 18.3 Å². The first-order valence-corrected chi connectivity index (χ1v) is 8.45. The molecule has 1 fully saturated rings. The summed E-state index contributed by atoms with van der Waals surface area (Å²) in [6.07, 6.45) is 2.94. The normalized spacial score (nSPS) is 14.8. The number of nitrogens with zero attached hydrogens (tertiary/aromatic N) is 1. The Morgan fingerprint density at radius 1 is 1.24 bits per heavy atom. The number of rotatable bonds is 5. The van der Waals surface area contributed by atoms with Crippen molar-refractivity contribution in [2.75, 3.05) is 20.1 Å². The van der Waals surface area contributed by atoms with Crippen LogP contribution in [0.1, 0.15) is 25.0 Å². The molecule has 1 saturated heterocycles. The molecule has 3 rings (SSSR count). The van der Waals surface area contributed by atoms with Crippen molar-refractivity contribution in [1.82, 2.24) is 10.2 Å². The molecule has 2 heterocycles. The number of nitrogens with one attached hydrogen (secondary N) is 1. The summed E-state index contributed by atoms with van der Waals surface area (Å²) < 4.78 is 19.5. The highest BCUT2D eigenvalue weighted by atomic mass is 35.5. The van der Waals surface area contributed by atoms with Crippen LogP contribution in [0.3, 0.4) is 0 Å². The molecule has 0 spiro atoms.